The first-order valence-electron chi connectivity index (χ1n) is 4.84. The predicted octanol–water partition coefficient (Wildman–Crippen LogP) is 2.51. The summed E-state index contributed by atoms with van der Waals surface area (Å²) in [5.74, 6) is 2.27. The molecule has 4 heteroatoms. The zero-order valence-electron chi connectivity index (χ0n) is 9.28. The number of carbonyl (C=O) groups is 1. The maximum Gasteiger partial charge on any atom is 0.338 e. The molecule has 0 radical (unpaired) electrons. The first-order valence-corrected chi connectivity index (χ1v) is 5.82. The summed E-state index contributed by atoms with van der Waals surface area (Å²) in [5, 5.41) is 9.66. The molecular formula is C12H13NO2S. The van der Waals surface area contributed by atoms with Gasteiger partial charge in [0.25, 0.3) is 0 Å². The first kappa shape index (κ1) is 12.6. The van der Waals surface area contributed by atoms with Crippen LogP contribution in [0.25, 0.3) is 0 Å². The highest BCUT2D eigenvalue weighted by Crippen LogP contribution is 2.24. The van der Waals surface area contributed by atoms with Crippen molar-refractivity contribution in [3.63, 3.8) is 0 Å². The molecule has 0 atom stereocenters. The molecule has 3 nitrogen and oxygen atoms in total. The molecule has 0 aliphatic carbocycles. The predicted molar refractivity (Wildman–Crippen MR) is 64.8 cm³/mol. The molecule has 0 saturated heterocycles. The van der Waals surface area contributed by atoms with E-state index in [9.17, 15) is 4.79 Å². The van der Waals surface area contributed by atoms with Crippen LogP contribution in [0.3, 0.4) is 0 Å². The van der Waals surface area contributed by atoms with Crippen LogP contribution in [0, 0.1) is 26.2 Å². The summed E-state index contributed by atoms with van der Waals surface area (Å²) in [6.07, 6.45) is 5.76. The second-order valence-electron chi connectivity index (χ2n) is 3.37. The molecule has 0 unspecified atom stereocenters. The van der Waals surface area contributed by atoms with E-state index >= 15 is 0 Å². The van der Waals surface area contributed by atoms with E-state index in [4.69, 9.17) is 11.5 Å². The molecule has 1 aromatic heterocycles. The molecule has 1 rings (SSSR count). The summed E-state index contributed by atoms with van der Waals surface area (Å²) in [7, 11) is 0. The van der Waals surface area contributed by atoms with E-state index in [0.29, 0.717) is 17.2 Å². The van der Waals surface area contributed by atoms with Crippen molar-refractivity contribution in [1.82, 2.24) is 4.98 Å². The average Bonchev–Trinajstić information content (AvgIpc) is 2.16. The second-order valence-corrected chi connectivity index (χ2v) is 4.45. The summed E-state index contributed by atoms with van der Waals surface area (Å²) in [6, 6.07) is 1.77. The van der Waals surface area contributed by atoms with Gasteiger partial charge in [0.05, 0.1) is 5.56 Å². The number of nitrogens with zero attached hydrogens (tertiary/aromatic N) is 1. The lowest BCUT2D eigenvalue weighted by atomic mass is 10.1. The monoisotopic (exact) mass is 235 g/mol. The van der Waals surface area contributed by atoms with Gasteiger partial charge in [-0.2, -0.15) is 0 Å². The standard InChI is InChI=1S/C12H13NO2S/c1-4-5-6-16-11-10(12(14)15)8(2)7-9(3)13-11/h1,7H,5-6H2,2-3H3,(H,14,15). The zero-order chi connectivity index (χ0) is 12.1. The number of thioether (sulfide) groups is 1. The quantitative estimate of drug-likeness (QED) is 0.495. The van der Waals surface area contributed by atoms with E-state index in [1.165, 1.54) is 11.8 Å². The minimum absolute atomic E-state index is 0.285. The fraction of sp³-hybridized carbons (Fsp3) is 0.333. The summed E-state index contributed by atoms with van der Waals surface area (Å²) >= 11 is 1.39. The molecule has 0 aromatic carbocycles. The minimum Gasteiger partial charge on any atom is -0.478 e. The van der Waals surface area contributed by atoms with E-state index in [1.54, 1.807) is 13.0 Å². The normalized spacial score (nSPS) is 9.81. The van der Waals surface area contributed by atoms with E-state index in [1.807, 2.05) is 6.92 Å². The van der Waals surface area contributed by atoms with Crippen LogP contribution in [-0.2, 0) is 0 Å². The summed E-state index contributed by atoms with van der Waals surface area (Å²) < 4.78 is 0. The highest BCUT2D eigenvalue weighted by molar-refractivity contribution is 7.99. The number of carboxylic acids is 1. The third-order valence-corrected chi connectivity index (χ3v) is 2.99. The topological polar surface area (TPSA) is 50.2 Å². The maximum absolute atomic E-state index is 11.1. The largest absolute Gasteiger partial charge is 0.478 e. The molecule has 84 valence electrons. The molecule has 1 N–H and O–H groups in total. The Hall–Kier alpha value is -1.47. The van der Waals surface area contributed by atoms with E-state index < -0.39 is 5.97 Å². The maximum atomic E-state index is 11.1. The molecule has 0 bridgehead atoms. The fourth-order valence-electron chi connectivity index (χ4n) is 1.37. The van der Waals surface area contributed by atoms with Gasteiger partial charge in [-0.3, -0.25) is 0 Å². The molecule has 1 heterocycles. The Kier molecular flexibility index (Phi) is 4.39. The van der Waals surface area contributed by atoms with Crippen molar-refractivity contribution >= 4 is 17.7 Å². The van der Waals surface area contributed by atoms with Crippen LogP contribution in [0.2, 0.25) is 0 Å². The summed E-state index contributed by atoms with van der Waals surface area (Å²) in [6.45, 7) is 3.63. The smallest absolute Gasteiger partial charge is 0.338 e. The van der Waals surface area contributed by atoms with E-state index in [-0.39, 0.29) is 5.56 Å². The Balaban J connectivity index is 3.05. The molecule has 0 fully saturated rings. The highest BCUT2D eigenvalue weighted by Gasteiger charge is 2.15. The number of pyridine rings is 1. The number of aromatic nitrogens is 1. The van der Waals surface area contributed by atoms with Crippen LogP contribution < -0.4 is 0 Å². The van der Waals surface area contributed by atoms with Gasteiger partial charge in [0.15, 0.2) is 0 Å². The van der Waals surface area contributed by atoms with E-state index in [0.717, 1.165) is 11.3 Å². The molecule has 0 saturated carbocycles. The van der Waals surface area contributed by atoms with Crippen molar-refractivity contribution in [2.45, 2.75) is 25.3 Å². The van der Waals surface area contributed by atoms with Crippen molar-refractivity contribution in [3.8, 4) is 12.3 Å². The van der Waals surface area contributed by atoms with Gasteiger partial charge in [-0.15, -0.1) is 24.1 Å². The summed E-state index contributed by atoms with van der Waals surface area (Å²) in [5.41, 5.74) is 1.85. The molecular weight excluding hydrogens is 222 g/mol. The summed E-state index contributed by atoms with van der Waals surface area (Å²) in [4.78, 5) is 15.3. The van der Waals surface area contributed by atoms with Gasteiger partial charge >= 0.3 is 5.97 Å². The zero-order valence-corrected chi connectivity index (χ0v) is 10.1. The van der Waals surface area contributed by atoms with Gasteiger partial charge in [0.2, 0.25) is 0 Å². The number of aryl methyl sites for hydroxylation is 2. The molecule has 1 aromatic rings. The van der Waals surface area contributed by atoms with Crippen molar-refractivity contribution < 1.29 is 9.90 Å². The highest BCUT2D eigenvalue weighted by atomic mass is 32.2. The van der Waals surface area contributed by atoms with Crippen molar-refractivity contribution in [3.05, 3.63) is 22.9 Å². The Morgan fingerprint density at radius 1 is 1.62 bits per heavy atom. The number of carboxylic acid groups (broad SMARTS) is 1. The van der Waals surface area contributed by atoms with Crippen LogP contribution in [-0.4, -0.2) is 21.8 Å². The van der Waals surface area contributed by atoms with Crippen LogP contribution in [0.4, 0.5) is 0 Å². The van der Waals surface area contributed by atoms with Crippen molar-refractivity contribution in [2.24, 2.45) is 0 Å². The molecule has 16 heavy (non-hydrogen) atoms. The lowest BCUT2D eigenvalue weighted by molar-refractivity contribution is 0.0691. The van der Waals surface area contributed by atoms with Gasteiger partial charge in [0, 0.05) is 17.9 Å². The number of hydrogen-bond acceptors (Lipinski definition) is 3. The Morgan fingerprint density at radius 3 is 2.88 bits per heavy atom. The molecule has 0 amide bonds. The van der Waals surface area contributed by atoms with Crippen LogP contribution in [0.15, 0.2) is 11.1 Å². The molecule has 0 spiro atoms. The van der Waals surface area contributed by atoms with Crippen LogP contribution in [0.1, 0.15) is 28.0 Å². The van der Waals surface area contributed by atoms with Gasteiger partial charge in [0.1, 0.15) is 5.03 Å². The van der Waals surface area contributed by atoms with Crippen LogP contribution in [0.5, 0.6) is 0 Å². The van der Waals surface area contributed by atoms with Gasteiger partial charge in [-0.25, -0.2) is 9.78 Å². The van der Waals surface area contributed by atoms with Crippen molar-refractivity contribution in [2.75, 3.05) is 5.75 Å². The van der Waals surface area contributed by atoms with Gasteiger partial charge < -0.3 is 5.11 Å². The first-order chi connectivity index (χ1) is 7.56. The SMILES string of the molecule is C#CCCSc1nc(C)cc(C)c1C(=O)O. The van der Waals surface area contributed by atoms with Crippen LogP contribution >= 0.6 is 11.8 Å². The molecule has 0 aliphatic heterocycles. The number of aromatic carboxylic acids is 1. The number of terminal acetylenes is 1. The van der Waals surface area contributed by atoms with E-state index in [2.05, 4.69) is 10.9 Å². The number of hydrogen-bond donors (Lipinski definition) is 1. The molecule has 0 aliphatic rings. The number of rotatable bonds is 4. The Morgan fingerprint density at radius 2 is 2.31 bits per heavy atom. The van der Waals surface area contributed by atoms with Gasteiger partial charge in [-0.05, 0) is 25.5 Å². The third kappa shape index (κ3) is 3.01. The average molecular weight is 235 g/mol. The fourth-order valence-corrected chi connectivity index (χ4v) is 2.39. The third-order valence-electron chi connectivity index (χ3n) is 2.01. The Labute approximate surface area is 99.3 Å². The Bertz CT molecular complexity index is 449. The lowest BCUT2D eigenvalue weighted by Gasteiger charge is -2.08. The van der Waals surface area contributed by atoms with Gasteiger partial charge in [-0.1, -0.05) is 0 Å². The lowest BCUT2D eigenvalue weighted by Crippen LogP contribution is -2.05. The minimum atomic E-state index is -0.937. The van der Waals surface area contributed by atoms with Crippen molar-refractivity contribution in [1.29, 1.82) is 0 Å². The second kappa shape index (κ2) is 5.57.